The lowest BCUT2D eigenvalue weighted by molar-refractivity contribution is -0.139. The zero-order valence-corrected chi connectivity index (χ0v) is 17.0. The largest absolute Gasteiger partial charge is 0.352 e. The number of amides is 2. The summed E-state index contributed by atoms with van der Waals surface area (Å²) in [5.41, 5.74) is 8.50. The first-order valence-electron chi connectivity index (χ1n) is 9.24. The van der Waals surface area contributed by atoms with Gasteiger partial charge in [0.15, 0.2) is 0 Å². The fraction of sp³-hybridized carbons (Fsp3) is 0.600. The van der Waals surface area contributed by atoms with Crippen LogP contribution in [0.3, 0.4) is 0 Å². The molecule has 0 bridgehead atoms. The van der Waals surface area contributed by atoms with Gasteiger partial charge in [-0.25, -0.2) is 0 Å². The van der Waals surface area contributed by atoms with Gasteiger partial charge in [0.05, 0.1) is 0 Å². The molecule has 1 aromatic rings. The summed E-state index contributed by atoms with van der Waals surface area (Å²) in [6.45, 7) is 9.28. The second-order valence-electron chi connectivity index (χ2n) is 7.55. The highest BCUT2D eigenvalue weighted by Gasteiger charge is 2.34. The fourth-order valence-corrected chi connectivity index (χ4v) is 3.33. The van der Waals surface area contributed by atoms with Gasteiger partial charge in [-0.1, -0.05) is 52.0 Å². The Morgan fingerprint density at radius 3 is 2.19 bits per heavy atom. The van der Waals surface area contributed by atoms with E-state index in [1.165, 1.54) is 5.56 Å². The molecule has 1 aliphatic heterocycles. The van der Waals surface area contributed by atoms with E-state index in [1.54, 1.807) is 4.90 Å². The van der Waals surface area contributed by atoms with Crippen LogP contribution in [-0.4, -0.2) is 35.8 Å². The van der Waals surface area contributed by atoms with Crippen LogP contribution in [0, 0.1) is 5.92 Å². The summed E-state index contributed by atoms with van der Waals surface area (Å²) in [6.07, 6.45) is 1.37. The lowest BCUT2D eigenvalue weighted by Crippen LogP contribution is -2.51. The molecule has 1 fully saturated rings. The van der Waals surface area contributed by atoms with Crippen molar-refractivity contribution in [3.05, 3.63) is 35.4 Å². The van der Waals surface area contributed by atoms with Gasteiger partial charge < -0.3 is 16.0 Å². The number of nitrogens with one attached hydrogen (secondary N) is 1. The smallest absolute Gasteiger partial charge is 0.243 e. The van der Waals surface area contributed by atoms with Crippen LogP contribution in [0.2, 0.25) is 0 Å². The number of nitrogens with zero attached hydrogens (tertiary/aromatic N) is 1. The molecule has 2 atom stereocenters. The van der Waals surface area contributed by atoms with Crippen molar-refractivity contribution >= 4 is 24.2 Å². The van der Waals surface area contributed by atoms with Crippen molar-refractivity contribution in [3.63, 3.8) is 0 Å². The van der Waals surface area contributed by atoms with Gasteiger partial charge in [-0.2, -0.15) is 0 Å². The van der Waals surface area contributed by atoms with Crippen molar-refractivity contribution in [1.29, 1.82) is 0 Å². The maximum atomic E-state index is 12.6. The Morgan fingerprint density at radius 1 is 1.15 bits per heavy atom. The Hall–Kier alpha value is -1.59. The first-order valence-corrected chi connectivity index (χ1v) is 9.24. The molecule has 0 spiro atoms. The van der Waals surface area contributed by atoms with Crippen molar-refractivity contribution in [3.8, 4) is 0 Å². The van der Waals surface area contributed by atoms with Crippen molar-refractivity contribution in [2.24, 2.45) is 11.7 Å². The molecule has 2 rings (SSSR count). The first-order chi connectivity index (χ1) is 11.8. The topological polar surface area (TPSA) is 75.4 Å². The number of carbonyl (C=O) groups is 2. The van der Waals surface area contributed by atoms with Crippen LogP contribution >= 0.6 is 12.4 Å². The number of rotatable bonds is 7. The van der Waals surface area contributed by atoms with Gasteiger partial charge in [0.2, 0.25) is 11.8 Å². The maximum absolute atomic E-state index is 12.6. The molecule has 6 heteroatoms. The highest BCUT2D eigenvalue weighted by atomic mass is 35.5. The molecule has 1 heterocycles. The molecule has 0 aliphatic carbocycles. The summed E-state index contributed by atoms with van der Waals surface area (Å²) < 4.78 is 0. The summed E-state index contributed by atoms with van der Waals surface area (Å²) in [5, 5.41) is 2.94. The molecule has 1 aliphatic rings. The lowest BCUT2D eigenvalue weighted by Gasteiger charge is -2.30. The van der Waals surface area contributed by atoms with Gasteiger partial charge in [-0.05, 0) is 29.4 Å². The second-order valence-corrected chi connectivity index (χ2v) is 7.55. The summed E-state index contributed by atoms with van der Waals surface area (Å²) in [4.78, 5) is 26.3. The van der Waals surface area contributed by atoms with Gasteiger partial charge in [0.25, 0.3) is 0 Å². The van der Waals surface area contributed by atoms with E-state index in [9.17, 15) is 9.59 Å². The highest BCUT2D eigenvalue weighted by Crippen LogP contribution is 2.20. The third-order valence-corrected chi connectivity index (χ3v) is 4.87. The molecule has 26 heavy (non-hydrogen) atoms. The molecule has 1 aromatic carbocycles. The van der Waals surface area contributed by atoms with Gasteiger partial charge in [0.1, 0.15) is 6.04 Å². The molecule has 2 amide bonds. The normalized spacial score (nSPS) is 16.6. The Balaban J connectivity index is 0.00000338. The van der Waals surface area contributed by atoms with Crippen molar-refractivity contribution < 1.29 is 9.59 Å². The first kappa shape index (κ1) is 22.5. The van der Waals surface area contributed by atoms with Gasteiger partial charge >= 0.3 is 0 Å². The van der Waals surface area contributed by atoms with Crippen molar-refractivity contribution in [1.82, 2.24) is 10.2 Å². The summed E-state index contributed by atoms with van der Waals surface area (Å²) in [6, 6.07) is 7.55. The SMILES string of the molecule is CC(C)c1ccc(C(N)CNC(=O)C(C(C)C)N2CCCC2=O)cc1.Cl. The Kier molecular flexibility index (Phi) is 8.57. The Labute approximate surface area is 163 Å². The number of hydrogen-bond acceptors (Lipinski definition) is 3. The molecule has 2 unspecified atom stereocenters. The molecular weight excluding hydrogens is 350 g/mol. The van der Waals surface area contributed by atoms with Crippen molar-refractivity contribution in [2.75, 3.05) is 13.1 Å². The zero-order chi connectivity index (χ0) is 18.6. The van der Waals surface area contributed by atoms with Gasteiger partial charge in [0, 0.05) is 25.6 Å². The van der Waals surface area contributed by atoms with E-state index >= 15 is 0 Å². The maximum Gasteiger partial charge on any atom is 0.243 e. The van der Waals surface area contributed by atoms with E-state index in [0.717, 1.165) is 12.0 Å². The van der Waals surface area contributed by atoms with Crippen LogP contribution in [0.4, 0.5) is 0 Å². The van der Waals surface area contributed by atoms with E-state index in [1.807, 2.05) is 26.0 Å². The number of carbonyl (C=O) groups excluding carboxylic acids is 2. The van der Waals surface area contributed by atoms with Crippen LogP contribution < -0.4 is 11.1 Å². The average molecular weight is 382 g/mol. The number of likely N-dealkylation sites (tertiary alicyclic amines) is 1. The second kappa shape index (κ2) is 9.93. The molecule has 3 N–H and O–H groups in total. The predicted molar refractivity (Wildman–Crippen MR) is 107 cm³/mol. The number of hydrogen-bond donors (Lipinski definition) is 2. The molecule has 0 aromatic heterocycles. The molecular formula is C20H32ClN3O2. The molecule has 5 nitrogen and oxygen atoms in total. The molecule has 1 saturated heterocycles. The average Bonchev–Trinajstić information content (AvgIpc) is 2.98. The van der Waals surface area contributed by atoms with Gasteiger partial charge in [-0.3, -0.25) is 9.59 Å². The highest BCUT2D eigenvalue weighted by molar-refractivity contribution is 5.88. The van der Waals surface area contributed by atoms with E-state index < -0.39 is 6.04 Å². The van der Waals surface area contributed by atoms with Crippen LogP contribution in [0.25, 0.3) is 0 Å². The minimum absolute atomic E-state index is 0. The standard InChI is InChI=1S/C20H31N3O2.ClH/c1-13(2)15-7-9-16(10-8-15)17(21)12-22-20(25)19(14(3)4)23-11-5-6-18(23)24;/h7-10,13-14,17,19H,5-6,11-12,21H2,1-4H3,(H,22,25);1H. The summed E-state index contributed by atoms with van der Waals surface area (Å²) >= 11 is 0. The van der Waals surface area contributed by atoms with Crippen molar-refractivity contribution in [2.45, 2.75) is 58.5 Å². The summed E-state index contributed by atoms with van der Waals surface area (Å²) in [5.74, 6) is 0.514. The van der Waals surface area contributed by atoms with Crippen LogP contribution in [0.1, 0.15) is 63.6 Å². The molecule has 146 valence electrons. The molecule has 0 radical (unpaired) electrons. The van der Waals surface area contributed by atoms with E-state index in [-0.39, 0.29) is 36.2 Å². The minimum atomic E-state index is -0.412. The number of benzene rings is 1. The van der Waals surface area contributed by atoms with Gasteiger partial charge in [-0.15, -0.1) is 12.4 Å². The third kappa shape index (κ3) is 5.45. The monoisotopic (exact) mass is 381 g/mol. The van der Waals surface area contributed by atoms with Crippen LogP contribution in [0.5, 0.6) is 0 Å². The van der Waals surface area contributed by atoms with E-state index in [4.69, 9.17) is 5.73 Å². The quantitative estimate of drug-likeness (QED) is 0.762. The number of halogens is 1. The minimum Gasteiger partial charge on any atom is -0.352 e. The fourth-order valence-electron chi connectivity index (χ4n) is 3.33. The summed E-state index contributed by atoms with van der Waals surface area (Å²) in [7, 11) is 0. The van der Waals surface area contributed by atoms with E-state index in [0.29, 0.717) is 25.4 Å². The van der Waals surface area contributed by atoms with Crippen LogP contribution in [0.15, 0.2) is 24.3 Å². The lowest BCUT2D eigenvalue weighted by atomic mass is 9.99. The van der Waals surface area contributed by atoms with Crippen LogP contribution in [-0.2, 0) is 9.59 Å². The Morgan fingerprint density at radius 2 is 1.73 bits per heavy atom. The third-order valence-electron chi connectivity index (χ3n) is 4.87. The predicted octanol–water partition coefficient (Wildman–Crippen LogP) is 2.99. The number of nitrogens with two attached hydrogens (primary N) is 1. The molecule has 0 saturated carbocycles. The zero-order valence-electron chi connectivity index (χ0n) is 16.2. The Bertz CT molecular complexity index is 602. The van der Waals surface area contributed by atoms with E-state index in [2.05, 4.69) is 31.3 Å².